The number of benzene rings is 3. The molecule has 2 aliphatic rings. The summed E-state index contributed by atoms with van der Waals surface area (Å²) in [6.07, 6.45) is -4.27. The van der Waals surface area contributed by atoms with Crippen molar-refractivity contribution >= 4 is 9.92 Å². The number of fused-ring (bicyclic) bond motifs is 3. The van der Waals surface area contributed by atoms with Gasteiger partial charge in [0.05, 0.1) is 11.0 Å². The van der Waals surface area contributed by atoms with Crippen molar-refractivity contribution in [3.05, 3.63) is 83.9 Å². The van der Waals surface area contributed by atoms with E-state index < -0.39 is 34.2 Å². The fourth-order valence-electron chi connectivity index (χ4n) is 5.42. The van der Waals surface area contributed by atoms with Gasteiger partial charge in [-0.25, -0.2) is 13.3 Å². The molecule has 184 valence electrons. The molecule has 5 rings (SSSR count). The molecule has 2 aliphatic carbocycles. The third-order valence-corrected chi connectivity index (χ3v) is 8.96. The average Bonchev–Trinajstić information content (AvgIpc) is 3.35. The van der Waals surface area contributed by atoms with Crippen LogP contribution in [0.15, 0.2) is 82.1 Å². The second-order valence-electron chi connectivity index (χ2n) is 8.84. The summed E-state index contributed by atoms with van der Waals surface area (Å²) in [5.74, 6) is -0.461. The quantitative estimate of drug-likeness (QED) is 0.484. The number of alkyl halides is 3. The normalized spacial score (nSPS) is 23.4. The van der Waals surface area contributed by atoms with Crippen LogP contribution in [0, 0.1) is 5.92 Å². The molecule has 35 heavy (non-hydrogen) atoms. The lowest BCUT2D eigenvalue weighted by Gasteiger charge is -2.27. The zero-order chi connectivity index (χ0) is 24.8. The maximum atomic E-state index is 13.6. The predicted molar refractivity (Wildman–Crippen MR) is 127 cm³/mol. The van der Waals surface area contributed by atoms with Crippen molar-refractivity contribution in [3.8, 4) is 16.9 Å². The van der Waals surface area contributed by atoms with Crippen LogP contribution in [-0.2, 0) is 9.92 Å². The Hall–Kier alpha value is -2.88. The van der Waals surface area contributed by atoms with Gasteiger partial charge in [0.1, 0.15) is 15.7 Å². The summed E-state index contributed by atoms with van der Waals surface area (Å²) >= 11 is 0. The van der Waals surface area contributed by atoms with Crippen LogP contribution in [0.2, 0.25) is 0 Å². The highest BCUT2D eigenvalue weighted by molar-refractivity contribution is 7.91. The number of ether oxygens (including phenoxy) is 1. The minimum Gasteiger partial charge on any atom is -0.406 e. The molecule has 0 spiro atoms. The zero-order valence-corrected chi connectivity index (χ0v) is 19.7. The average molecular weight is 503 g/mol. The monoisotopic (exact) mass is 502 g/mol. The van der Waals surface area contributed by atoms with Crippen LogP contribution in [-0.4, -0.2) is 34.9 Å². The maximum absolute atomic E-state index is 13.6. The van der Waals surface area contributed by atoms with Crippen molar-refractivity contribution in [2.75, 3.05) is 7.05 Å². The second-order valence-corrected chi connectivity index (χ2v) is 11.0. The maximum Gasteiger partial charge on any atom is 0.573 e. The predicted octanol–water partition coefficient (Wildman–Crippen LogP) is 5.50. The number of halogens is 3. The van der Waals surface area contributed by atoms with Crippen LogP contribution in [0.5, 0.6) is 5.75 Å². The van der Waals surface area contributed by atoms with Gasteiger partial charge in [0.25, 0.3) is 0 Å². The van der Waals surface area contributed by atoms with Gasteiger partial charge in [-0.3, -0.25) is 0 Å². The number of hydrogen-bond acceptors (Lipinski definition) is 4. The Balaban J connectivity index is 1.38. The van der Waals surface area contributed by atoms with E-state index in [1.54, 1.807) is 0 Å². The number of hydrogen-bond donors (Lipinski definition) is 2. The molecule has 0 aromatic heterocycles. The number of aliphatic hydroxyl groups is 1. The molecule has 0 aliphatic heterocycles. The molecule has 3 aromatic rings. The first-order valence-corrected chi connectivity index (χ1v) is 12.9. The number of rotatable bonds is 5. The van der Waals surface area contributed by atoms with Gasteiger partial charge in [-0.1, -0.05) is 48.5 Å². The standard InChI is InChI=1S/C26H25F3N2O3S/c1-30-35(33,17-12-10-16(11-13-17)34-26(27,28)29)31-23-15-14-22(25(23)32)24-20-8-4-2-6-18(20)19-7-3-5-9-21(19)24/h2-13,22-25,32H,14-15H2,1H3,(H,30,31,33). The van der Waals surface area contributed by atoms with Crippen LogP contribution in [0.3, 0.4) is 0 Å². The molecule has 0 saturated heterocycles. The van der Waals surface area contributed by atoms with E-state index in [1.165, 1.54) is 41.4 Å². The van der Waals surface area contributed by atoms with E-state index in [1.807, 2.05) is 24.3 Å². The largest absolute Gasteiger partial charge is 0.573 e. The van der Waals surface area contributed by atoms with E-state index in [-0.39, 0.29) is 16.7 Å². The van der Waals surface area contributed by atoms with Crippen molar-refractivity contribution in [3.63, 3.8) is 0 Å². The van der Waals surface area contributed by atoms with Gasteiger partial charge < -0.3 is 9.84 Å². The first kappa shape index (κ1) is 23.8. The molecule has 4 unspecified atom stereocenters. The molecule has 1 fully saturated rings. The molecular weight excluding hydrogens is 477 g/mol. The first-order chi connectivity index (χ1) is 16.7. The van der Waals surface area contributed by atoms with Gasteiger partial charge in [0.2, 0.25) is 0 Å². The Morgan fingerprint density at radius 3 is 2.06 bits per heavy atom. The van der Waals surface area contributed by atoms with Gasteiger partial charge in [-0.2, -0.15) is 0 Å². The smallest absolute Gasteiger partial charge is 0.406 e. The summed E-state index contributed by atoms with van der Waals surface area (Å²) in [5.41, 5.74) is 4.70. The minimum absolute atomic E-state index is 0.0256. The lowest BCUT2D eigenvalue weighted by molar-refractivity contribution is -0.274. The zero-order valence-electron chi connectivity index (χ0n) is 18.9. The summed E-state index contributed by atoms with van der Waals surface area (Å²) in [5, 5.41) is 11.4. The molecule has 9 heteroatoms. The van der Waals surface area contributed by atoms with E-state index in [9.17, 15) is 22.5 Å². The summed E-state index contributed by atoms with van der Waals surface area (Å²) in [6, 6.07) is 20.7. The van der Waals surface area contributed by atoms with Crippen molar-refractivity contribution in [2.24, 2.45) is 10.3 Å². The van der Waals surface area contributed by atoms with E-state index >= 15 is 0 Å². The first-order valence-electron chi connectivity index (χ1n) is 11.3. The highest BCUT2D eigenvalue weighted by atomic mass is 32.2. The third kappa shape index (κ3) is 4.44. The van der Waals surface area contributed by atoms with Crippen molar-refractivity contribution in [1.29, 1.82) is 0 Å². The van der Waals surface area contributed by atoms with Crippen molar-refractivity contribution < 1.29 is 27.2 Å². The lowest BCUT2D eigenvalue weighted by atomic mass is 9.82. The molecule has 0 radical (unpaired) electrons. The van der Waals surface area contributed by atoms with Crippen molar-refractivity contribution in [1.82, 2.24) is 4.72 Å². The van der Waals surface area contributed by atoms with Crippen molar-refractivity contribution in [2.45, 2.75) is 42.2 Å². The van der Waals surface area contributed by atoms with Crippen LogP contribution < -0.4 is 9.46 Å². The highest BCUT2D eigenvalue weighted by Gasteiger charge is 2.44. The van der Waals surface area contributed by atoms with E-state index in [0.717, 1.165) is 18.6 Å². The Morgan fingerprint density at radius 1 is 0.943 bits per heavy atom. The molecule has 0 amide bonds. The topological polar surface area (TPSA) is 70.9 Å². The Bertz CT molecular complexity index is 1300. The fourth-order valence-corrected chi connectivity index (χ4v) is 7.04. The molecule has 4 atom stereocenters. The van der Waals surface area contributed by atoms with E-state index in [4.69, 9.17) is 0 Å². The van der Waals surface area contributed by atoms with Crippen LogP contribution in [0.25, 0.3) is 11.1 Å². The molecular formula is C26H25F3N2O3S. The van der Waals surface area contributed by atoms with Gasteiger partial charge in [0, 0.05) is 19.0 Å². The Labute approximate surface area is 202 Å². The molecule has 0 bridgehead atoms. The second kappa shape index (κ2) is 8.96. The third-order valence-electron chi connectivity index (χ3n) is 6.92. The van der Waals surface area contributed by atoms with Gasteiger partial charge in [-0.05, 0) is 65.3 Å². The Morgan fingerprint density at radius 2 is 1.51 bits per heavy atom. The minimum atomic E-state index is -4.81. The van der Waals surface area contributed by atoms with Gasteiger partial charge in [-0.15, -0.1) is 13.2 Å². The van der Waals surface area contributed by atoms with Crippen LogP contribution in [0.4, 0.5) is 13.2 Å². The fraction of sp³-hybridized carbons (Fsp3) is 0.308. The summed E-state index contributed by atoms with van der Waals surface area (Å²) in [4.78, 5) is 0.224. The molecule has 2 N–H and O–H groups in total. The SMILES string of the molecule is CN=S(=O)(NC1CCC(C2c3ccccc3-c3ccccc32)C1O)c1ccc(OC(F)(F)F)cc1. The summed E-state index contributed by atoms with van der Waals surface area (Å²) < 4.78 is 62.0. The van der Waals surface area contributed by atoms with Gasteiger partial charge >= 0.3 is 6.36 Å². The van der Waals surface area contributed by atoms with E-state index in [2.05, 4.69) is 38.1 Å². The van der Waals surface area contributed by atoms with E-state index in [0.29, 0.717) is 6.42 Å². The number of nitrogens with one attached hydrogen (secondary N) is 1. The summed E-state index contributed by atoms with van der Waals surface area (Å²) in [6.45, 7) is 0. The summed E-state index contributed by atoms with van der Waals surface area (Å²) in [7, 11) is -1.79. The number of nitrogens with zero attached hydrogens (tertiary/aromatic N) is 1. The molecule has 3 aromatic carbocycles. The molecule has 5 nitrogen and oxygen atoms in total. The van der Waals surface area contributed by atoms with Crippen LogP contribution >= 0.6 is 0 Å². The molecule has 0 heterocycles. The lowest BCUT2D eigenvalue weighted by Crippen LogP contribution is -2.42. The van der Waals surface area contributed by atoms with Gasteiger partial charge in [0.15, 0.2) is 0 Å². The molecule has 1 saturated carbocycles. The Kier molecular flexibility index (Phi) is 6.11. The highest BCUT2D eigenvalue weighted by Crippen LogP contribution is 2.52. The number of aliphatic hydroxyl groups excluding tert-OH is 1. The van der Waals surface area contributed by atoms with Crippen LogP contribution in [0.1, 0.15) is 29.9 Å².